The molecule has 0 spiro atoms. The van der Waals surface area contributed by atoms with E-state index in [1.165, 1.54) is 5.56 Å². The Balaban J connectivity index is 0.000000371. The lowest BCUT2D eigenvalue weighted by molar-refractivity contribution is 1.07. The van der Waals surface area contributed by atoms with Crippen LogP contribution in [-0.4, -0.2) is 7.26 Å². The molecule has 1 aromatic rings. The first-order chi connectivity index (χ1) is 4.93. The maximum atomic E-state index is 5.35. The molecule has 2 N–H and O–H groups in total. The third-order valence-corrected chi connectivity index (χ3v) is 1.08. The average Bonchev–Trinajstić information content (AvgIpc) is 2.10. The maximum Gasteiger partial charge on any atom is 0.214 e. The summed E-state index contributed by atoms with van der Waals surface area (Å²) in [7, 11) is 3.97. The molecule has 0 amide bonds. The van der Waals surface area contributed by atoms with E-state index in [0.29, 0.717) is 6.54 Å². The van der Waals surface area contributed by atoms with Crippen molar-refractivity contribution in [2.75, 3.05) is 0 Å². The molecule has 0 aliphatic carbocycles. The van der Waals surface area contributed by atoms with E-state index in [2.05, 4.69) is 18.7 Å². The normalized spacial score (nSPS) is 7.80. The molecule has 0 aliphatic heterocycles. The van der Waals surface area contributed by atoms with Crippen molar-refractivity contribution in [1.29, 1.82) is 0 Å². The average molecular weight is 153 g/mol. The molecule has 1 rings (SSSR count). The van der Waals surface area contributed by atoms with E-state index in [4.69, 9.17) is 5.73 Å². The molecule has 0 aromatic heterocycles. The van der Waals surface area contributed by atoms with Gasteiger partial charge in [-0.1, -0.05) is 30.3 Å². The summed E-state index contributed by atoms with van der Waals surface area (Å²) in [6.07, 6.45) is 0. The topological polar surface area (TPSA) is 26.0 Å². The summed E-state index contributed by atoms with van der Waals surface area (Å²) in [5, 5.41) is 0. The second-order valence-electron chi connectivity index (χ2n) is 1.69. The number of benzene rings is 1. The van der Waals surface area contributed by atoms with Crippen LogP contribution in [-0.2, 0) is 6.54 Å². The van der Waals surface area contributed by atoms with Crippen LogP contribution in [0.2, 0.25) is 0 Å². The third-order valence-electron chi connectivity index (χ3n) is 1.08. The van der Waals surface area contributed by atoms with E-state index in [0.717, 1.165) is 0 Å². The summed E-state index contributed by atoms with van der Waals surface area (Å²) in [4.78, 5) is 0. The summed E-state index contributed by atoms with van der Waals surface area (Å²) in [6.45, 7) is 0.640. The van der Waals surface area contributed by atoms with Crippen molar-refractivity contribution < 1.29 is 0 Å². The first-order valence-electron chi connectivity index (χ1n) is 2.89. The van der Waals surface area contributed by atoms with E-state index >= 15 is 0 Å². The minimum atomic E-state index is 0.640. The molecule has 52 valence electrons. The molecular weight excluding hydrogens is 144 g/mol. The van der Waals surface area contributed by atoms with Crippen LogP contribution in [0.4, 0.5) is 0 Å². The Hall–Kier alpha value is -0.465. The fourth-order valence-electron chi connectivity index (χ4n) is 0.614. The van der Waals surface area contributed by atoms with Crippen LogP contribution in [0.25, 0.3) is 0 Å². The Labute approximate surface area is 67.5 Å². The van der Waals surface area contributed by atoms with Crippen LogP contribution in [0.15, 0.2) is 30.3 Å². The summed E-state index contributed by atoms with van der Waals surface area (Å²) < 4.78 is 0. The lowest BCUT2D eigenvalue weighted by Crippen LogP contribution is -1.94. The van der Waals surface area contributed by atoms with Crippen LogP contribution < -0.4 is 5.73 Å². The zero-order valence-electron chi connectivity index (χ0n) is 5.63. The van der Waals surface area contributed by atoms with Crippen molar-refractivity contribution in [2.45, 2.75) is 6.54 Å². The first-order valence-corrected chi connectivity index (χ1v) is 3.33. The largest absolute Gasteiger partial charge is 0.326 e. The van der Waals surface area contributed by atoms with E-state index < -0.39 is 0 Å². The molecule has 0 heterocycles. The number of nitrogens with two attached hydrogens (primary N) is 1. The van der Waals surface area contributed by atoms with Gasteiger partial charge in [0.15, 0.2) is 0 Å². The smallest absolute Gasteiger partial charge is 0.214 e. The van der Waals surface area contributed by atoms with Gasteiger partial charge in [-0.15, -0.1) is 0 Å². The van der Waals surface area contributed by atoms with Gasteiger partial charge in [0, 0.05) is 6.54 Å². The van der Waals surface area contributed by atoms with Crippen LogP contribution in [0.5, 0.6) is 0 Å². The van der Waals surface area contributed by atoms with Gasteiger partial charge in [-0.25, -0.2) is 11.5 Å². The molecule has 0 bridgehead atoms. The monoisotopic (exact) mass is 153 g/mol. The summed E-state index contributed by atoms with van der Waals surface area (Å²) >= 11 is 4.14. The SMILES string of the molecule is NCc1ccccc1.[B]Cl. The predicted molar refractivity (Wildman–Crippen MR) is 45.9 cm³/mol. The first kappa shape index (κ1) is 9.53. The molecule has 0 aliphatic rings. The summed E-state index contributed by atoms with van der Waals surface area (Å²) in [6, 6.07) is 9.99. The lowest BCUT2D eigenvalue weighted by atomic mass is 10.2. The molecule has 0 atom stereocenters. The van der Waals surface area contributed by atoms with Crippen LogP contribution in [0.3, 0.4) is 0 Å². The Kier molecular flexibility index (Phi) is 6.34. The molecule has 10 heavy (non-hydrogen) atoms. The van der Waals surface area contributed by atoms with E-state index in [9.17, 15) is 0 Å². The molecule has 0 saturated heterocycles. The van der Waals surface area contributed by atoms with Crippen molar-refractivity contribution in [3.05, 3.63) is 35.9 Å². The van der Waals surface area contributed by atoms with Gasteiger partial charge in [-0.3, -0.25) is 0 Å². The molecule has 1 aromatic carbocycles. The molecule has 1 nitrogen and oxygen atoms in total. The van der Waals surface area contributed by atoms with Gasteiger partial charge in [0.25, 0.3) is 0 Å². The molecule has 0 saturated carbocycles. The zero-order valence-corrected chi connectivity index (χ0v) is 6.38. The quantitative estimate of drug-likeness (QED) is 0.607. The minimum absolute atomic E-state index is 0.640. The third kappa shape index (κ3) is 3.54. The number of rotatable bonds is 1. The molecule has 0 unspecified atom stereocenters. The fraction of sp³-hybridized carbons (Fsp3) is 0.143. The number of hydrogen-bond donors (Lipinski definition) is 1. The highest BCUT2D eigenvalue weighted by molar-refractivity contribution is 6.80. The van der Waals surface area contributed by atoms with Crippen molar-refractivity contribution >= 4 is 18.7 Å². The highest BCUT2D eigenvalue weighted by atomic mass is 35.5. The van der Waals surface area contributed by atoms with Crippen molar-refractivity contribution in [1.82, 2.24) is 0 Å². The Morgan fingerprint density at radius 3 is 2.00 bits per heavy atom. The highest BCUT2D eigenvalue weighted by Crippen LogP contribution is 1.94. The second kappa shape index (κ2) is 6.65. The van der Waals surface area contributed by atoms with Gasteiger partial charge in [-0.2, -0.15) is 0 Å². The standard InChI is InChI=1S/C7H9N.BCl/c8-6-7-4-2-1-3-5-7;1-2/h1-5H,6,8H2;. The van der Waals surface area contributed by atoms with Crippen molar-refractivity contribution in [2.24, 2.45) is 5.73 Å². The van der Waals surface area contributed by atoms with E-state index in [1.54, 1.807) is 0 Å². The zero-order chi connectivity index (χ0) is 7.82. The van der Waals surface area contributed by atoms with Crippen molar-refractivity contribution in [3.63, 3.8) is 0 Å². The minimum Gasteiger partial charge on any atom is -0.326 e. The van der Waals surface area contributed by atoms with Gasteiger partial charge >= 0.3 is 0 Å². The highest BCUT2D eigenvalue weighted by Gasteiger charge is 1.80. The second-order valence-corrected chi connectivity index (χ2v) is 1.69. The number of halogens is 1. The predicted octanol–water partition coefficient (Wildman–Crippen LogP) is 1.45. The van der Waals surface area contributed by atoms with Crippen molar-refractivity contribution in [3.8, 4) is 0 Å². The number of hydrogen-bond acceptors (Lipinski definition) is 1. The Morgan fingerprint density at radius 1 is 1.20 bits per heavy atom. The Bertz CT molecular complexity index is 155. The molecule has 2 radical (unpaired) electrons. The molecule has 0 fully saturated rings. The van der Waals surface area contributed by atoms with Gasteiger partial charge in [0.2, 0.25) is 7.26 Å². The van der Waals surface area contributed by atoms with Crippen LogP contribution in [0.1, 0.15) is 5.56 Å². The van der Waals surface area contributed by atoms with Gasteiger partial charge < -0.3 is 5.73 Å². The van der Waals surface area contributed by atoms with Crippen LogP contribution in [0, 0.1) is 0 Å². The van der Waals surface area contributed by atoms with E-state index in [1.807, 2.05) is 30.3 Å². The van der Waals surface area contributed by atoms with Gasteiger partial charge in [-0.05, 0) is 5.56 Å². The summed E-state index contributed by atoms with van der Waals surface area (Å²) in [5.41, 5.74) is 6.54. The maximum absolute atomic E-state index is 5.35. The van der Waals surface area contributed by atoms with Gasteiger partial charge in [0.05, 0.1) is 0 Å². The lowest BCUT2D eigenvalue weighted by Gasteiger charge is -1.90. The molecule has 3 heteroatoms. The van der Waals surface area contributed by atoms with Crippen LogP contribution >= 0.6 is 11.5 Å². The molecular formula is C7H9BClN. The fourth-order valence-corrected chi connectivity index (χ4v) is 0.614. The summed E-state index contributed by atoms with van der Waals surface area (Å²) in [5.74, 6) is 0. The van der Waals surface area contributed by atoms with E-state index in [-0.39, 0.29) is 0 Å². The Morgan fingerprint density at radius 2 is 1.70 bits per heavy atom. The van der Waals surface area contributed by atoms with Gasteiger partial charge in [0.1, 0.15) is 0 Å².